The van der Waals surface area contributed by atoms with Crippen LogP contribution in [0.1, 0.15) is 0 Å². The van der Waals surface area contributed by atoms with E-state index < -0.39 is 11.8 Å². The second-order valence-corrected chi connectivity index (χ2v) is 5.58. The highest BCUT2D eigenvalue weighted by Gasteiger charge is 2.12. The van der Waals surface area contributed by atoms with E-state index in [1.165, 1.54) is 18.2 Å². The third-order valence-electron chi connectivity index (χ3n) is 3.08. The normalized spacial score (nSPS) is 10.4. The average Bonchev–Trinajstić information content (AvgIpc) is 3.05. The van der Waals surface area contributed by atoms with Gasteiger partial charge in [0.15, 0.2) is 0 Å². The summed E-state index contributed by atoms with van der Waals surface area (Å²) < 4.78 is 18.9. The molecule has 3 rings (SSSR count). The molecule has 6 nitrogen and oxygen atoms in total. The number of halogens is 1. The SMILES string of the molecule is CSc1cccc(-c2nnc(NC(=O)Nc3ccccc3F)o2)c1. The number of rotatable bonds is 4. The lowest BCUT2D eigenvalue weighted by Gasteiger charge is -2.05. The summed E-state index contributed by atoms with van der Waals surface area (Å²) in [5, 5.41) is 12.4. The van der Waals surface area contributed by atoms with Crippen LogP contribution in [0.4, 0.5) is 20.9 Å². The molecule has 0 unspecified atom stereocenters. The summed E-state index contributed by atoms with van der Waals surface area (Å²) in [7, 11) is 0. The maximum Gasteiger partial charge on any atom is 0.327 e. The van der Waals surface area contributed by atoms with Gasteiger partial charge < -0.3 is 9.73 Å². The number of benzene rings is 2. The van der Waals surface area contributed by atoms with Crippen molar-refractivity contribution < 1.29 is 13.6 Å². The van der Waals surface area contributed by atoms with Crippen LogP contribution >= 0.6 is 11.8 Å². The Balaban J connectivity index is 1.69. The summed E-state index contributed by atoms with van der Waals surface area (Å²) in [6, 6.07) is 12.7. The molecule has 0 bridgehead atoms. The number of aromatic nitrogens is 2. The van der Waals surface area contributed by atoms with Crippen molar-refractivity contribution in [3.8, 4) is 11.5 Å². The predicted molar refractivity (Wildman–Crippen MR) is 90.6 cm³/mol. The van der Waals surface area contributed by atoms with Crippen LogP contribution in [-0.4, -0.2) is 22.5 Å². The molecule has 1 aromatic heterocycles. The lowest BCUT2D eigenvalue weighted by molar-refractivity contribution is 0.261. The summed E-state index contributed by atoms with van der Waals surface area (Å²) in [5.41, 5.74) is 0.805. The number of carbonyl (C=O) groups is 1. The molecule has 0 saturated heterocycles. The molecule has 3 aromatic rings. The number of nitrogens with zero attached hydrogens (tertiary/aromatic N) is 2. The number of para-hydroxylation sites is 1. The molecule has 2 amide bonds. The van der Waals surface area contributed by atoms with Crippen LogP contribution in [0.3, 0.4) is 0 Å². The van der Waals surface area contributed by atoms with Crippen molar-refractivity contribution in [2.75, 3.05) is 16.9 Å². The highest BCUT2D eigenvalue weighted by molar-refractivity contribution is 7.98. The Kier molecular flexibility index (Phi) is 4.76. The zero-order valence-electron chi connectivity index (χ0n) is 12.6. The molecule has 8 heteroatoms. The van der Waals surface area contributed by atoms with Crippen molar-refractivity contribution >= 4 is 29.5 Å². The number of carbonyl (C=O) groups excluding carboxylic acids is 1. The minimum atomic E-state index is -0.673. The van der Waals surface area contributed by atoms with Crippen LogP contribution in [0.25, 0.3) is 11.5 Å². The molecule has 0 aliphatic rings. The van der Waals surface area contributed by atoms with E-state index in [9.17, 15) is 9.18 Å². The molecule has 2 N–H and O–H groups in total. The molecule has 0 saturated carbocycles. The molecule has 2 aromatic carbocycles. The van der Waals surface area contributed by atoms with E-state index in [2.05, 4.69) is 20.8 Å². The average molecular weight is 344 g/mol. The van der Waals surface area contributed by atoms with Crippen LogP contribution in [-0.2, 0) is 0 Å². The van der Waals surface area contributed by atoms with Crippen molar-refractivity contribution in [3.63, 3.8) is 0 Å². The van der Waals surface area contributed by atoms with Gasteiger partial charge >= 0.3 is 12.0 Å². The van der Waals surface area contributed by atoms with Crippen molar-refractivity contribution in [1.82, 2.24) is 10.2 Å². The monoisotopic (exact) mass is 344 g/mol. The minimum absolute atomic E-state index is 0.0578. The van der Waals surface area contributed by atoms with E-state index in [1.807, 2.05) is 30.5 Å². The van der Waals surface area contributed by atoms with Crippen LogP contribution in [0.15, 0.2) is 57.8 Å². The van der Waals surface area contributed by atoms with E-state index >= 15 is 0 Å². The number of thioether (sulfide) groups is 1. The van der Waals surface area contributed by atoms with Gasteiger partial charge in [0, 0.05) is 10.5 Å². The van der Waals surface area contributed by atoms with Crippen molar-refractivity contribution in [2.24, 2.45) is 0 Å². The van der Waals surface area contributed by atoms with E-state index in [0.717, 1.165) is 10.5 Å². The summed E-state index contributed by atoms with van der Waals surface area (Å²) in [4.78, 5) is 12.9. The number of hydrogen-bond donors (Lipinski definition) is 2. The number of urea groups is 1. The van der Waals surface area contributed by atoms with Crippen LogP contribution < -0.4 is 10.6 Å². The quantitative estimate of drug-likeness (QED) is 0.692. The maximum atomic E-state index is 13.5. The van der Waals surface area contributed by atoms with Gasteiger partial charge in [-0.05, 0) is 36.6 Å². The zero-order valence-corrected chi connectivity index (χ0v) is 13.4. The Morgan fingerprint density at radius 1 is 1.12 bits per heavy atom. The molecule has 0 radical (unpaired) electrons. The smallest absolute Gasteiger partial charge is 0.327 e. The number of nitrogens with one attached hydrogen (secondary N) is 2. The first-order chi connectivity index (χ1) is 11.7. The van der Waals surface area contributed by atoms with Crippen molar-refractivity contribution in [1.29, 1.82) is 0 Å². The molecule has 0 aliphatic heterocycles. The van der Waals surface area contributed by atoms with Gasteiger partial charge in [0.05, 0.1) is 5.69 Å². The van der Waals surface area contributed by atoms with Gasteiger partial charge in [0.1, 0.15) is 5.82 Å². The first-order valence-electron chi connectivity index (χ1n) is 6.96. The summed E-state index contributed by atoms with van der Waals surface area (Å²) >= 11 is 1.59. The fraction of sp³-hybridized carbons (Fsp3) is 0.0625. The Morgan fingerprint density at radius 2 is 1.96 bits per heavy atom. The zero-order chi connectivity index (χ0) is 16.9. The molecule has 1 heterocycles. The van der Waals surface area contributed by atoms with E-state index in [0.29, 0.717) is 0 Å². The minimum Gasteiger partial charge on any atom is -0.403 e. The summed E-state index contributed by atoms with van der Waals surface area (Å²) in [5.74, 6) is -0.250. The van der Waals surface area contributed by atoms with Crippen LogP contribution in [0.2, 0.25) is 0 Å². The Bertz CT molecular complexity index is 869. The van der Waals surface area contributed by atoms with Crippen molar-refractivity contribution in [2.45, 2.75) is 4.90 Å². The summed E-state index contributed by atoms with van der Waals surface area (Å²) in [6.45, 7) is 0. The Hall–Kier alpha value is -2.87. The summed E-state index contributed by atoms with van der Waals surface area (Å²) in [6.07, 6.45) is 1.97. The number of anilines is 2. The van der Waals surface area contributed by atoms with E-state index in [-0.39, 0.29) is 17.6 Å². The lowest BCUT2D eigenvalue weighted by atomic mass is 10.2. The topological polar surface area (TPSA) is 80.0 Å². The predicted octanol–water partition coefficient (Wildman–Crippen LogP) is 4.24. The third kappa shape index (κ3) is 3.72. The first-order valence-corrected chi connectivity index (χ1v) is 8.18. The highest BCUT2D eigenvalue weighted by atomic mass is 32.2. The molecule has 24 heavy (non-hydrogen) atoms. The third-order valence-corrected chi connectivity index (χ3v) is 3.81. The van der Waals surface area contributed by atoms with E-state index in [4.69, 9.17) is 4.42 Å². The second kappa shape index (κ2) is 7.14. The lowest BCUT2D eigenvalue weighted by Crippen LogP contribution is -2.20. The number of hydrogen-bond acceptors (Lipinski definition) is 5. The number of amides is 2. The van der Waals surface area contributed by atoms with Gasteiger partial charge in [-0.3, -0.25) is 5.32 Å². The van der Waals surface area contributed by atoms with Gasteiger partial charge in [0.25, 0.3) is 0 Å². The Labute approximate surface area is 141 Å². The molecular formula is C16H13FN4O2S. The fourth-order valence-electron chi connectivity index (χ4n) is 1.96. The molecule has 0 aliphatic carbocycles. The second-order valence-electron chi connectivity index (χ2n) is 4.70. The van der Waals surface area contributed by atoms with Gasteiger partial charge in [0.2, 0.25) is 5.89 Å². The molecule has 122 valence electrons. The molecule has 0 spiro atoms. The maximum absolute atomic E-state index is 13.5. The standard InChI is InChI=1S/C16H13FN4O2S/c1-24-11-6-4-5-10(9-11)14-20-21-16(23-14)19-15(22)18-13-8-3-2-7-12(13)17/h2-9H,1H3,(H2,18,19,21,22). The molecule has 0 fully saturated rings. The first kappa shape index (κ1) is 16.0. The van der Waals surface area contributed by atoms with Gasteiger partial charge in [-0.2, -0.15) is 0 Å². The Morgan fingerprint density at radius 3 is 2.75 bits per heavy atom. The van der Waals surface area contributed by atoms with E-state index in [1.54, 1.807) is 17.8 Å². The fourth-order valence-corrected chi connectivity index (χ4v) is 2.42. The van der Waals surface area contributed by atoms with Gasteiger partial charge in [-0.1, -0.05) is 23.3 Å². The van der Waals surface area contributed by atoms with Crippen LogP contribution in [0, 0.1) is 5.82 Å². The molecular weight excluding hydrogens is 331 g/mol. The van der Waals surface area contributed by atoms with Gasteiger partial charge in [-0.15, -0.1) is 16.9 Å². The van der Waals surface area contributed by atoms with Crippen molar-refractivity contribution in [3.05, 3.63) is 54.3 Å². The largest absolute Gasteiger partial charge is 0.403 e. The van der Waals surface area contributed by atoms with Crippen LogP contribution in [0.5, 0.6) is 0 Å². The van der Waals surface area contributed by atoms with Gasteiger partial charge in [-0.25, -0.2) is 9.18 Å². The molecule has 0 atom stereocenters. The highest BCUT2D eigenvalue weighted by Crippen LogP contribution is 2.24.